The summed E-state index contributed by atoms with van der Waals surface area (Å²) >= 11 is 5.65. The topological polar surface area (TPSA) is 32.3 Å². The Balaban J connectivity index is 2.58. The van der Waals surface area contributed by atoms with Crippen LogP contribution >= 0.6 is 11.6 Å². The number of nitrogens with zero attached hydrogens (tertiary/aromatic N) is 1. The molecule has 5 heteroatoms. The van der Waals surface area contributed by atoms with E-state index < -0.39 is 5.82 Å². The molecule has 0 spiro atoms. The van der Waals surface area contributed by atoms with Gasteiger partial charge in [0.05, 0.1) is 11.6 Å². The first-order chi connectivity index (χ1) is 9.08. The highest BCUT2D eigenvalue weighted by Crippen LogP contribution is 2.19. The van der Waals surface area contributed by atoms with Gasteiger partial charge in [0.2, 0.25) is 5.91 Å². The van der Waals surface area contributed by atoms with E-state index in [1.165, 1.54) is 18.2 Å². The summed E-state index contributed by atoms with van der Waals surface area (Å²) in [6.45, 7) is 8.20. The third-order valence-electron chi connectivity index (χ3n) is 2.42. The number of carbonyl (C=O) groups is 1. The molecule has 0 saturated carbocycles. The summed E-state index contributed by atoms with van der Waals surface area (Å²) in [5.41, 5.74) is 0.594. The van der Waals surface area contributed by atoms with Gasteiger partial charge in [0.25, 0.3) is 0 Å². The van der Waals surface area contributed by atoms with Crippen molar-refractivity contribution in [2.45, 2.75) is 0 Å². The quantitative estimate of drug-likeness (QED) is 0.780. The van der Waals surface area contributed by atoms with Crippen LogP contribution in [0.25, 0.3) is 0 Å². The third kappa shape index (κ3) is 4.75. The van der Waals surface area contributed by atoms with Crippen molar-refractivity contribution in [2.75, 3.05) is 25.0 Å². The summed E-state index contributed by atoms with van der Waals surface area (Å²) < 4.78 is 13.0. The normalized spacial score (nSPS) is 9.79. The van der Waals surface area contributed by atoms with Crippen LogP contribution in [0.5, 0.6) is 0 Å². The predicted molar refractivity (Wildman–Crippen MR) is 76.9 cm³/mol. The molecule has 0 aliphatic heterocycles. The Morgan fingerprint density at radius 3 is 2.53 bits per heavy atom. The van der Waals surface area contributed by atoms with Crippen molar-refractivity contribution in [3.63, 3.8) is 0 Å². The van der Waals surface area contributed by atoms with Crippen LogP contribution in [0.2, 0.25) is 5.02 Å². The minimum Gasteiger partial charge on any atom is -0.376 e. The molecule has 1 aromatic carbocycles. The molecule has 0 bridgehead atoms. The molecule has 1 rings (SSSR count). The Kier molecular flexibility index (Phi) is 6.09. The fraction of sp³-hybridized carbons (Fsp3) is 0.214. The summed E-state index contributed by atoms with van der Waals surface area (Å²) in [5.74, 6) is -0.585. The lowest BCUT2D eigenvalue weighted by Crippen LogP contribution is -2.35. The molecule has 0 radical (unpaired) electrons. The first kappa shape index (κ1) is 15.2. The van der Waals surface area contributed by atoms with Crippen molar-refractivity contribution in [2.24, 2.45) is 0 Å². The lowest BCUT2D eigenvalue weighted by atomic mass is 10.3. The molecule has 1 amide bonds. The molecular weight excluding hydrogens is 267 g/mol. The second kappa shape index (κ2) is 7.59. The minimum absolute atomic E-state index is 0.0199. The van der Waals surface area contributed by atoms with E-state index in [1.54, 1.807) is 17.1 Å². The highest BCUT2D eigenvalue weighted by Gasteiger charge is 2.10. The van der Waals surface area contributed by atoms with E-state index in [9.17, 15) is 9.18 Å². The smallest absolute Gasteiger partial charge is 0.242 e. The summed E-state index contributed by atoms with van der Waals surface area (Å²) in [6, 6.07) is 4.22. The fourth-order valence-electron chi connectivity index (χ4n) is 1.49. The Hall–Kier alpha value is -1.81. The van der Waals surface area contributed by atoms with Crippen molar-refractivity contribution < 1.29 is 9.18 Å². The first-order valence-corrected chi connectivity index (χ1v) is 6.14. The van der Waals surface area contributed by atoms with E-state index in [1.807, 2.05) is 0 Å². The number of benzene rings is 1. The van der Waals surface area contributed by atoms with E-state index in [-0.39, 0.29) is 17.5 Å². The molecule has 0 unspecified atom stereocenters. The number of hydrogen-bond donors (Lipinski definition) is 1. The Labute approximate surface area is 117 Å². The number of hydrogen-bond acceptors (Lipinski definition) is 2. The van der Waals surface area contributed by atoms with Crippen LogP contribution in [0.15, 0.2) is 43.5 Å². The predicted octanol–water partition coefficient (Wildman–Crippen LogP) is 3.09. The van der Waals surface area contributed by atoms with Crippen molar-refractivity contribution in [3.8, 4) is 0 Å². The van der Waals surface area contributed by atoms with Crippen LogP contribution in [-0.4, -0.2) is 30.4 Å². The van der Waals surface area contributed by atoms with Crippen molar-refractivity contribution in [3.05, 3.63) is 54.3 Å². The van der Waals surface area contributed by atoms with Gasteiger partial charge < -0.3 is 10.2 Å². The van der Waals surface area contributed by atoms with Crippen LogP contribution in [0, 0.1) is 5.82 Å². The second-order valence-electron chi connectivity index (χ2n) is 3.86. The van der Waals surface area contributed by atoms with Crippen LogP contribution in [0.4, 0.5) is 10.1 Å². The van der Waals surface area contributed by atoms with E-state index in [2.05, 4.69) is 18.5 Å². The van der Waals surface area contributed by atoms with E-state index in [0.717, 1.165) is 0 Å². The van der Waals surface area contributed by atoms with Gasteiger partial charge in [-0.05, 0) is 18.2 Å². The molecule has 0 heterocycles. The third-order valence-corrected chi connectivity index (χ3v) is 2.70. The number of rotatable bonds is 7. The van der Waals surface area contributed by atoms with Gasteiger partial charge in [-0.2, -0.15) is 0 Å². The molecule has 0 atom stereocenters. The lowest BCUT2D eigenvalue weighted by Gasteiger charge is -2.19. The molecule has 19 heavy (non-hydrogen) atoms. The zero-order valence-corrected chi connectivity index (χ0v) is 11.3. The Morgan fingerprint density at radius 1 is 1.37 bits per heavy atom. The molecule has 3 nitrogen and oxygen atoms in total. The number of amides is 1. The van der Waals surface area contributed by atoms with Gasteiger partial charge in [-0.25, -0.2) is 4.39 Å². The summed E-state index contributed by atoms with van der Waals surface area (Å²) in [4.78, 5) is 13.5. The monoisotopic (exact) mass is 282 g/mol. The summed E-state index contributed by atoms with van der Waals surface area (Å²) in [7, 11) is 0. The maximum atomic E-state index is 13.0. The molecule has 0 aromatic heterocycles. The van der Waals surface area contributed by atoms with Gasteiger partial charge in [0.15, 0.2) is 0 Å². The van der Waals surface area contributed by atoms with Crippen LogP contribution in [-0.2, 0) is 4.79 Å². The Morgan fingerprint density at radius 2 is 2.00 bits per heavy atom. The van der Waals surface area contributed by atoms with Gasteiger partial charge in [-0.3, -0.25) is 4.79 Å². The fourth-order valence-corrected chi connectivity index (χ4v) is 1.67. The molecule has 0 aliphatic carbocycles. The number of nitrogens with one attached hydrogen (secondary N) is 1. The van der Waals surface area contributed by atoms with Crippen LogP contribution in [0.1, 0.15) is 0 Å². The summed E-state index contributed by atoms with van der Waals surface area (Å²) in [5, 5.41) is 2.92. The first-order valence-electron chi connectivity index (χ1n) is 5.77. The van der Waals surface area contributed by atoms with Crippen molar-refractivity contribution in [1.29, 1.82) is 0 Å². The van der Waals surface area contributed by atoms with Crippen molar-refractivity contribution >= 4 is 23.2 Å². The molecule has 1 N–H and O–H groups in total. The Bertz CT molecular complexity index is 467. The number of anilines is 1. The maximum Gasteiger partial charge on any atom is 0.242 e. The van der Waals surface area contributed by atoms with Gasteiger partial charge in [0.1, 0.15) is 5.82 Å². The van der Waals surface area contributed by atoms with Gasteiger partial charge >= 0.3 is 0 Å². The molecule has 0 saturated heterocycles. The van der Waals surface area contributed by atoms with Gasteiger partial charge in [0, 0.05) is 18.8 Å². The lowest BCUT2D eigenvalue weighted by molar-refractivity contribution is -0.128. The zero-order valence-electron chi connectivity index (χ0n) is 10.5. The molecule has 0 fully saturated rings. The molecular formula is C14H16ClFN2O. The standard InChI is InChI=1S/C14H16ClFN2O/c1-3-7-18(8-4-2)14(19)10-17-11-5-6-13(16)12(15)9-11/h3-6,9,17H,1-2,7-8,10H2. The summed E-state index contributed by atoms with van der Waals surface area (Å²) in [6.07, 6.45) is 3.30. The van der Waals surface area contributed by atoms with E-state index >= 15 is 0 Å². The SMILES string of the molecule is C=CCN(CC=C)C(=O)CNc1ccc(F)c(Cl)c1. The van der Waals surface area contributed by atoms with Crippen LogP contribution in [0.3, 0.4) is 0 Å². The average molecular weight is 283 g/mol. The number of carbonyl (C=O) groups excluding carboxylic acids is 1. The zero-order chi connectivity index (χ0) is 14.3. The highest BCUT2D eigenvalue weighted by atomic mass is 35.5. The minimum atomic E-state index is -0.488. The average Bonchev–Trinajstić information content (AvgIpc) is 2.39. The van der Waals surface area contributed by atoms with E-state index in [4.69, 9.17) is 11.6 Å². The molecule has 1 aromatic rings. The van der Waals surface area contributed by atoms with Gasteiger partial charge in [-0.15, -0.1) is 13.2 Å². The molecule has 102 valence electrons. The largest absolute Gasteiger partial charge is 0.376 e. The maximum absolute atomic E-state index is 13.0. The molecule has 0 aliphatic rings. The van der Waals surface area contributed by atoms with Crippen LogP contribution < -0.4 is 5.32 Å². The van der Waals surface area contributed by atoms with Crippen molar-refractivity contribution in [1.82, 2.24) is 4.90 Å². The van der Waals surface area contributed by atoms with Gasteiger partial charge in [-0.1, -0.05) is 23.8 Å². The number of halogens is 2. The second-order valence-corrected chi connectivity index (χ2v) is 4.27. The van der Waals surface area contributed by atoms with E-state index in [0.29, 0.717) is 18.8 Å². The highest BCUT2D eigenvalue weighted by molar-refractivity contribution is 6.31.